The average molecular weight is 295 g/mol. The van der Waals surface area contributed by atoms with Gasteiger partial charge in [0.2, 0.25) is 0 Å². The van der Waals surface area contributed by atoms with E-state index in [4.69, 9.17) is 11.6 Å². The lowest BCUT2D eigenvalue weighted by molar-refractivity contribution is 0.584. The Labute approximate surface area is 116 Å². The van der Waals surface area contributed by atoms with Gasteiger partial charge in [-0.15, -0.1) is 0 Å². The van der Waals surface area contributed by atoms with Gasteiger partial charge in [-0.25, -0.2) is 4.83 Å². The van der Waals surface area contributed by atoms with E-state index in [-0.39, 0.29) is 4.90 Å². The van der Waals surface area contributed by atoms with Crippen LogP contribution in [0.15, 0.2) is 64.6 Å². The Morgan fingerprint density at radius 2 is 1.79 bits per heavy atom. The molecule has 2 rings (SSSR count). The molecule has 0 radical (unpaired) electrons. The SMILES string of the molecule is O=S(=O)(N/N=C\c1cccc(Cl)c1)c1ccccc1. The van der Waals surface area contributed by atoms with Crippen LogP contribution in [0.1, 0.15) is 5.56 Å². The predicted octanol–water partition coefficient (Wildman–Crippen LogP) is 2.65. The van der Waals surface area contributed by atoms with Crippen molar-refractivity contribution in [2.24, 2.45) is 5.10 Å². The number of rotatable bonds is 4. The lowest BCUT2D eigenvalue weighted by atomic mass is 10.2. The molecule has 0 spiro atoms. The van der Waals surface area contributed by atoms with Gasteiger partial charge in [-0.2, -0.15) is 13.5 Å². The van der Waals surface area contributed by atoms with E-state index >= 15 is 0 Å². The average Bonchev–Trinajstić information content (AvgIpc) is 2.40. The summed E-state index contributed by atoms with van der Waals surface area (Å²) in [5.41, 5.74) is 0.711. The fourth-order valence-corrected chi connectivity index (χ4v) is 2.42. The first-order valence-electron chi connectivity index (χ1n) is 5.43. The van der Waals surface area contributed by atoms with Crippen molar-refractivity contribution in [2.45, 2.75) is 4.90 Å². The molecule has 0 amide bonds. The lowest BCUT2D eigenvalue weighted by Gasteiger charge is -2.02. The van der Waals surface area contributed by atoms with Crippen molar-refractivity contribution in [1.29, 1.82) is 0 Å². The molecule has 0 aromatic heterocycles. The summed E-state index contributed by atoms with van der Waals surface area (Å²) in [6.45, 7) is 0. The van der Waals surface area contributed by atoms with Gasteiger partial charge in [0.15, 0.2) is 0 Å². The lowest BCUT2D eigenvalue weighted by Crippen LogP contribution is -2.18. The van der Waals surface area contributed by atoms with Crippen molar-refractivity contribution < 1.29 is 8.42 Å². The minimum absolute atomic E-state index is 0.165. The fourth-order valence-electron chi connectivity index (χ4n) is 1.41. The van der Waals surface area contributed by atoms with Gasteiger partial charge in [-0.05, 0) is 29.8 Å². The second-order valence-electron chi connectivity index (χ2n) is 3.72. The van der Waals surface area contributed by atoms with Gasteiger partial charge in [-0.1, -0.05) is 41.9 Å². The van der Waals surface area contributed by atoms with Gasteiger partial charge in [0.05, 0.1) is 11.1 Å². The molecule has 0 bridgehead atoms. The van der Waals surface area contributed by atoms with Crippen LogP contribution in [0.25, 0.3) is 0 Å². The molecular formula is C13H11ClN2O2S. The molecule has 0 atom stereocenters. The summed E-state index contributed by atoms with van der Waals surface area (Å²) >= 11 is 5.81. The Morgan fingerprint density at radius 1 is 1.05 bits per heavy atom. The highest BCUT2D eigenvalue weighted by atomic mass is 35.5. The van der Waals surface area contributed by atoms with E-state index in [0.29, 0.717) is 10.6 Å². The molecule has 2 aromatic carbocycles. The van der Waals surface area contributed by atoms with Crippen molar-refractivity contribution >= 4 is 27.8 Å². The van der Waals surface area contributed by atoms with E-state index < -0.39 is 10.0 Å². The number of hydrogen-bond acceptors (Lipinski definition) is 3. The summed E-state index contributed by atoms with van der Waals surface area (Å²) in [5, 5.41) is 4.27. The van der Waals surface area contributed by atoms with Crippen LogP contribution in [0, 0.1) is 0 Å². The Kier molecular flexibility index (Phi) is 4.19. The van der Waals surface area contributed by atoms with E-state index in [9.17, 15) is 8.42 Å². The zero-order valence-electron chi connectivity index (χ0n) is 9.82. The minimum Gasteiger partial charge on any atom is -0.200 e. The van der Waals surface area contributed by atoms with Crippen LogP contribution in [-0.4, -0.2) is 14.6 Å². The molecule has 19 heavy (non-hydrogen) atoms. The molecule has 0 aliphatic heterocycles. The first-order chi connectivity index (χ1) is 9.08. The molecule has 0 aliphatic carbocycles. The molecule has 0 fully saturated rings. The second kappa shape index (κ2) is 5.86. The summed E-state index contributed by atoms with van der Waals surface area (Å²) in [5.74, 6) is 0. The maximum absolute atomic E-state index is 11.8. The molecule has 0 aliphatic rings. The number of hydrazone groups is 1. The zero-order chi connectivity index (χ0) is 13.7. The number of halogens is 1. The maximum Gasteiger partial charge on any atom is 0.276 e. The van der Waals surface area contributed by atoms with Gasteiger partial charge >= 0.3 is 0 Å². The summed E-state index contributed by atoms with van der Waals surface area (Å²) in [6, 6.07) is 15.0. The van der Waals surface area contributed by atoms with Crippen LogP contribution in [0.2, 0.25) is 5.02 Å². The topological polar surface area (TPSA) is 58.5 Å². The molecule has 2 aromatic rings. The Balaban J connectivity index is 2.10. The van der Waals surface area contributed by atoms with E-state index in [1.54, 1.807) is 42.5 Å². The Hall–Kier alpha value is -1.85. The molecule has 0 heterocycles. The third kappa shape index (κ3) is 3.81. The summed E-state index contributed by atoms with van der Waals surface area (Å²) in [6.07, 6.45) is 1.40. The first kappa shape index (κ1) is 13.6. The normalized spacial score (nSPS) is 11.6. The van der Waals surface area contributed by atoms with Crippen LogP contribution in [-0.2, 0) is 10.0 Å². The quantitative estimate of drug-likeness (QED) is 0.696. The van der Waals surface area contributed by atoms with Gasteiger partial charge in [0.1, 0.15) is 0 Å². The number of benzene rings is 2. The van der Waals surface area contributed by atoms with E-state index in [1.807, 2.05) is 0 Å². The van der Waals surface area contributed by atoms with Gasteiger partial charge in [-0.3, -0.25) is 0 Å². The van der Waals surface area contributed by atoms with Crippen LogP contribution in [0.3, 0.4) is 0 Å². The highest BCUT2D eigenvalue weighted by molar-refractivity contribution is 7.89. The molecule has 1 N–H and O–H groups in total. The molecule has 6 heteroatoms. The van der Waals surface area contributed by atoms with E-state index in [2.05, 4.69) is 9.93 Å². The van der Waals surface area contributed by atoms with Gasteiger partial charge in [0.25, 0.3) is 10.0 Å². The van der Waals surface area contributed by atoms with Gasteiger partial charge < -0.3 is 0 Å². The fraction of sp³-hybridized carbons (Fsp3) is 0. The Bertz CT molecular complexity index is 685. The Morgan fingerprint density at radius 3 is 2.47 bits per heavy atom. The predicted molar refractivity (Wildman–Crippen MR) is 75.8 cm³/mol. The minimum atomic E-state index is -3.62. The summed E-state index contributed by atoms with van der Waals surface area (Å²) in [7, 11) is -3.62. The largest absolute Gasteiger partial charge is 0.276 e. The highest BCUT2D eigenvalue weighted by Crippen LogP contribution is 2.09. The third-order valence-corrected chi connectivity index (χ3v) is 3.76. The van der Waals surface area contributed by atoms with Crippen LogP contribution in [0.5, 0.6) is 0 Å². The molecule has 0 unspecified atom stereocenters. The standard InChI is InChI=1S/C13H11ClN2O2S/c14-12-6-4-5-11(9-12)10-15-16-19(17,18)13-7-2-1-3-8-13/h1-10,16H/b15-10-. The molecule has 0 saturated heterocycles. The molecule has 4 nitrogen and oxygen atoms in total. The maximum atomic E-state index is 11.8. The van der Waals surface area contributed by atoms with Crippen molar-refractivity contribution in [3.63, 3.8) is 0 Å². The summed E-state index contributed by atoms with van der Waals surface area (Å²) in [4.78, 5) is 2.31. The molecule has 98 valence electrons. The number of sulfonamides is 1. The molecule has 0 saturated carbocycles. The number of hydrogen-bond donors (Lipinski definition) is 1. The summed E-state index contributed by atoms with van der Waals surface area (Å²) < 4.78 is 23.7. The third-order valence-electron chi connectivity index (χ3n) is 2.29. The van der Waals surface area contributed by atoms with Crippen LogP contribution in [0.4, 0.5) is 0 Å². The van der Waals surface area contributed by atoms with Crippen molar-refractivity contribution in [1.82, 2.24) is 4.83 Å². The number of nitrogens with one attached hydrogen (secondary N) is 1. The zero-order valence-corrected chi connectivity index (χ0v) is 11.4. The monoisotopic (exact) mass is 294 g/mol. The van der Waals surface area contributed by atoms with Crippen molar-refractivity contribution in [3.8, 4) is 0 Å². The second-order valence-corrected chi connectivity index (χ2v) is 5.82. The van der Waals surface area contributed by atoms with Crippen LogP contribution < -0.4 is 4.83 Å². The van der Waals surface area contributed by atoms with Crippen molar-refractivity contribution in [2.75, 3.05) is 0 Å². The van der Waals surface area contributed by atoms with Crippen molar-refractivity contribution in [3.05, 3.63) is 65.2 Å². The number of nitrogens with zero attached hydrogens (tertiary/aromatic N) is 1. The van der Waals surface area contributed by atoms with E-state index in [1.165, 1.54) is 18.3 Å². The first-order valence-corrected chi connectivity index (χ1v) is 7.29. The van der Waals surface area contributed by atoms with Crippen LogP contribution >= 0.6 is 11.6 Å². The van der Waals surface area contributed by atoms with Gasteiger partial charge in [0, 0.05) is 5.02 Å². The molecular weight excluding hydrogens is 284 g/mol. The van der Waals surface area contributed by atoms with E-state index in [0.717, 1.165) is 0 Å². The highest BCUT2D eigenvalue weighted by Gasteiger charge is 2.10. The smallest absolute Gasteiger partial charge is 0.200 e.